The lowest BCUT2D eigenvalue weighted by Gasteiger charge is -2.22. The van der Waals surface area contributed by atoms with Crippen molar-refractivity contribution in [2.45, 2.75) is 53.6 Å². The van der Waals surface area contributed by atoms with Crippen molar-refractivity contribution in [1.82, 2.24) is 0 Å². The molecule has 0 N–H and O–H groups in total. The Morgan fingerprint density at radius 2 is 1.92 bits per heavy atom. The van der Waals surface area contributed by atoms with Crippen LogP contribution < -0.4 is 0 Å². The second kappa shape index (κ2) is 3.02. The van der Waals surface area contributed by atoms with Crippen molar-refractivity contribution in [3.63, 3.8) is 0 Å². The van der Waals surface area contributed by atoms with E-state index in [1.807, 2.05) is 0 Å². The van der Waals surface area contributed by atoms with Crippen LogP contribution in [0.5, 0.6) is 0 Å². The lowest BCUT2D eigenvalue weighted by molar-refractivity contribution is 0.0699. The van der Waals surface area contributed by atoms with Crippen LogP contribution in [-0.4, -0.2) is 12.7 Å². The standard InChI is InChI=1S/C11H22O/c1-10(2,3)6-9-7-11(4,5)8-12-9/h9H,6-8H2,1-5H3. The smallest absolute Gasteiger partial charge is 0.0586 e. The lowest BCUT2D eigenvalue weighted by atomic mass is 9.83. The van der Waals surface area contributed by atoms with Crippen molar-refractivity contribution in [2.24, 2.45) is 10.8 Å². The molecule has 1 atom stereocenters. The first kappa shape index (κ1) is 10.0. The molecule has 1 fully saturated rings. The Kier molecular flexibility index (Phi) is 2.53. The highest BCUT2D eigenvalue weighted by Crippen LogP contribution is 2.36. The zero-order valence-corrected chi connectivity index (χ0v) is 9.11. The molecular formula is C11H22O. The quantitative estimate of drug-likeness (QED) is 0.587. The molecule has 0 spiro atoms. The number of hydrogen-bond acceptors (Lipinski definition) is 1. The molecule has 1 saturated heterocycles. The summed E-state index contributed by atoms with van der Waals surface area (Å²) in [6, 6.07) is 0. The minimum atomic E-state index is 0.408. The van der Waals surface area contributed by atoms with Gasteiger partial charge in [-0.05, 0) is 23.7 Å². The van der Waals surface area contributed by atoms with E-state index in [1.54, 1.807) is 0 Å². The van der Waals surface area contributed by atoms with E-state index in [9.17, 15) is 0 Å². The van der Waals surface area contributed by atoms with E-state index in [2.05, 4.69) is 34.6 Å². The normalized spacial score (nSPS) is 29.2. The van der Waals surface area contributed by atoms with Crippen LogP contribution in [0.15, 0.2) is 0 Å². The van der Waals surface area contributed by atoms with Gasteiger partial charge in [-0.15, -0.1) is 0 Å². The largest absolute Gasteiger partial charge is 0.378 e. The first-order chi connectivity index (χ1) is 5.29. The van der Waals surface area contributed by atoms with Crippen LogP contribution in [0.1, 0.15) is 47.5 Å². The third-order valence-corrected chi connectivity index (χ3v) is 2.33. The first-order valence-electron chi connectivity index (χ1n) is 4.90. The van der Waals surface area contributed by atoms with Crippen LogP contribution in [-0.2, 0) is 4.74 Å². The summed E-state index contributed by atoms with van der Waals surface area (Å²) in [5.74, 6) is 0. The van der Waals surface area contributed by atoms with E-state index in [-0.39, 0.29) is 0 Å². The van der Waals surface area contributed by atoms with Gasteiger partial charge in [0.15, 0.2) is 0 Å². The minimum absolute atomic E-state index is 0.408. The van der Waals surface area contributed by atoms with E-state index in [0.29, 0.717) is 16.9 Å². The van der Waals surface area contributed by atoms with E-state index in [1.165, 1.54) is 12.8 Å². The fraction of sp³-hybridized carbons (Fsp3) is 1.00. The summed E-state index contributed by atoms with van der Waals surface area (Å²) in [5, 5.41) is 0. The molecule has 72 valence electrons. The Hall–Kier alpha value is -0.0400. The third kappa shape index (κ3) is 3.14. The van der Waals surface area contributed by atoms with Crippen LogP contribution in [0, 0.1) is 10.8 Å². The highest BCUT2D eigenvalue weighted by Gasteiger charge is 2.33. The van der Waals surface area contributed by atoms with Crippen molar-refractivity contribution in [3.05, 3.63) is 0 Å². The van der Waals surface area contributed by atoms with E-state index >= 15 is 0 Å². The van der Waals surface area contributed by atoms with Crippen molar-refractivity contribution in [1.29, 1.82) is 0 Å². The van der Waals surface area contributed by atoms with Crippen molar-refractivity contribution >= 4 is 0 Å². The summed E-state index contributed by atoms with van der Waals surface area (Å²) >= 11 is 0. The van der Waals surface area contributed by atoms with Crippen molar-refractivity contribution in [2.75, 3.05) is 6.61 Å². The summed E-state index contributed by atoms with van der Waals surface area (Å²) < 4.78 is 5.74. The van der Waals surface area contributed by atoms with Gasteiger partial charge in [-0.25, -0.2) is 0 Å². The molecule has 1 rings (SSSR count). The lowest BCUT2D eigenvalue weighted by Crippen LogP contribution is -2.17. The molecule has 1 nitrogen and oxygen atoms in total. The second-order valence-corrected chi connectivity index (χ2v) is 6.07. The van der Waals surface area contributed by atoms with Gasteiger partial charge in [0.2, 0.25) is 0 Å². The van der Waals surface area contributed by atoms with Gasteiger partial charge in [-0.1, -0.05) is 34.6 Å². The molecule has 0 aromatic rings. The zero-order valence-electron chi connectivity index (χ0n) is 9.11. The number of hydrogen-bond donors (Lipinski definition) is 0. The van der Waals surface area contributed by atoms with Gasteiger partial charge in [0, 0.05) is 0 Å². The van der Waals surface area contributed by atoms with Gasteiger partial charge < -0.3 is 4.74 Å². The minimum Gasteiger partial charge on any atom is -0.378 e. The molecule has 1 aliphatic rings. The topological polar surface area (TPSA) is 9.23 Å². The molecule has 0 radical (unpaired) electrons. The highest BCUT2D eigenvalue weighted by molar-refractivity contribution is 4.83. The monoisotopic (exact) mass is 170 g/mol. The number of rotatable bonds is 1. The predicted octanol–water partition coefficient (Wildman–Crippen LogP) is 3.24. The Bertz CT molecular complexity index is 153. The van der Waals surface area contributed by atoms with Crippen molar-refractivity contribution in [3.8, 4) is 0 Å². The van der Waals surface area contributed by atoms with E-state index in [0.717, 1.165) is 6.61 Å². The van der Waals surface area contributed by atoms with Crippen molar-refractivity contribution < 1.29 is 4.74 Å². The Balaban J connectivity index is 2.39. The Morgan fingerprint density at radius 3 is 2.25 bits per heavy atom. The van der Waals surface area contributed by atoms with Gasteiger partial charge in [0.25, 0.3) is 0 Å². The summed E-state index contributed by atoms with van der Waals surface area (Å²) in [6.45, 7) is 12.4. The molecule has 1 unspecified atom stereocenters. The molecule has 12 heavy (non-hydrogen) atoms. The van der Waals surface area contributed by atoms with Crippen LogP contribution in [0.2, 0.25) is 0 Å². The van der Waals surface area contributed by atoms with Crippen LogP contribution in [0.25, 0.3) is 0 Å². The maximum Gasteiger partial charge on any atom is 0.0586 e. The molecule has 1 heteroatoms. The molecule has 1 heterocycles. The maximum atomic E-state index is 5.74. The van der Waals surface area contributed by atoms with Crippen LogP contribution in [0.4, 0.5) is 0 Å². The fourth-order valence-electron chi connectivity index (χ4n) is 1.89. The molecule has 1 aliphatic heterocycles. The van der Waals surface area contributed by atoms with Crippen LogP contribution in [0.3, 0.4) is 0 Å². The molecule has 0 aliphatic carbocycles. The second-order valence-electron chi connectivity index (χ2n) is 6.07. The van der Waals surface area contributed by atoms with Gasteiger partial charge in [0.05, 0.1) is 12.7 Å². The van der Waals surface area contributed by atoms with Gasteiger partial charge >= 0.3 is 0 Å². The molecule has 0 saturated carbocycles. The zero-order chi connectivity index (χ0) is 9.41. The fourth-order valence-corrected chi connectivity index (χ4v) is 1.89. The average Bonchev–Trinajstić information content (AvgIpc) is 2.05. The third-order valence-electron chi connectivity index (χ3n) is 2.33. The molecule has 0 amide bonds. The molecule has 0 aromatic carbocycles. The van der Waals surface area contributed by atoms with Gasteiger partial charge in [-0.3, -0.25) is 0 Å². The molecule has 0 aromatic heterocycles. The van der Waals surface area contributed by atoms with Gasteiger partial charge in [0.1, 0.15) is 0 Å². The van der Waals surface area contributed by atoms with E-state index in [4.69, 9.17) is 4.74 Å². The van der Waals surface area contributed by atoms with E-state index < -0.39 is 0 Å². The SMILES string of the molecule is CC(C)(C)CC1CC(C)(C)CO1. The van der Waals surface area contributed by atoms with Crippen LogP contribution >= 0.6 is 0 Å². The summed E-state index contributed by atoms with van der Waals surface area (Å²) in [7, 11) is 0. The Labute approximate surface area is 76.5 Å². The summed E-state index contributed by atoms with van der Waals surface area (Å²) in [5.41, 5.74) is 0.820. The predicted molar refractivity (Wildman–Crippen MR) is 52.2 cm³/mol. The maximum absolute atomic E-state index is 5.74. The van der Waals surface area contributed by atoms with Gasteiger partial charge in [-0.2, -0.15) is 0 Å². The molecule has 0 bridgehead atoms. The first-order valence-corrected chi connectivity index (χ1v) is 4.90. The summed E-state index contributed by atoms with van der Waals surface area (Å²) in [4.78, 5) is 0. The average molecular weight is 170 g/mol. The highest BCUT2D eigenvalue weighted by atomic mass is 16.5. The molecular weight excluding hydrogens is 148 g/mol. The Morgan fingerprint density at radius 1 is 1.33 bits per heavy atom. The number of ether oxygens (including phenoxy) is 1. The summed E-state index contributed by atoms with van der Waals surface area (Å²) in [6.07, 6.45) is 2.92.